The second-order valence-corrected chi connectivity index (χ2v) is 5.73. The summed E-state index contributed by atoms with van der Waals surface area (Å²) >= 11 is 0. The number of cyclic esters (lactones) is 2. The fraction of sp³-hybridized carbons (Fsp3) is 0.667. The predicted molar refractivity (Wildman–Crippen MR) is 53.5 cm³/mol. The van der Waals surface area contributed by atoms with Crippen LogP contribution in [0.2, 0.25) is 0 Å². The Bertz CT molecular complexity index is 449. The molecule has 4 atom stereocenters. The number of ketones is 2. The van der Waals surface area contributed by atoms with Gasteiger partial charge in [-0.05, 0) is 0 Å². The molecule has 3 saturated carbocycles. The molecule has 0 aromatic rings. The summed E-state index contributed by atoms with van der Waals surface area (Å²) < 4.78 is 4.63. The molecule has 2 bridgehead atoms. The van der Waals surface area contributed by atoms with Gasteiger partial charge < -0.3 is 4.74 Å². The fourth-order valence-corrected chi connectivity index (χ4v) is 3.59. The van der Waals surface area contributed by atoms with Crippen LogP contribution in [-0.2, 0) is 23.9 Å². The lowest BCUT2D eigenvalue weighted by Crippen LogP contribution is -2.62. The van der Waals surface area contributed by atoms with E-state index in [9.17, 15) is 19.2 Å². The Labute approximate surface area is 97.5 Å². The Morgan fingerprint density at radius 1 is 0.882 bits per heavy atom. The first-order chi connectivity index (χ1) is 7.80. The summed E-state index contributed by atoms with van der Waals surface area (Å²) in [4.78, 5) is 47.5. The smallest absolute Gasteiger partial charge is 0.318 e. The zero-order valence-electron chi connectivity index (χ0n) is 9.61. The third kappa shape index (κ3) is 0.960. The molecule has 0 aromatic heterocycles. The lowest BCUT2D eigenvalue weighted by Gasteiger charge is -2.52. The van der Waals surface area contributed by atoms with Crippen LogP contribution < -0.4 is 0 Å². The van der Waals surface area contributed by atoms with Gasteiger partial charge in [0.15, 0.2) is 0 Å². The summed E-state index contributed by atoms with van der Waals surface area (Å²) in [7, 11) is 0. The van der Waals surface area contributed by atoms with E-state index < -0.39 is 34.6 Å². The minimum atomic E-state index is -1.04. The number of carbonyl (C=O) groups excluding carboxylic acids is 4. The van der Waals surface area contributed by atoms with E-state index in [1.165, 1.54) is 0 Å². The van der Waals surface area contributed by atoms with Crippen LogP contribution in [0.25, 0.3) is 0 Å². The third-order valence-corrected chi connectivity index (χ3v) is 4.74. The zero-order valence-corrected chi connectivity index (χ0v) is 9.61. The van der Waals surface area contributed by atoms with E-state index in [2.05, 4.69) is 4.74 Å². The molecule has 1 aliphatic heterocycles. The fourth-order valence-electron chi connectivity index (χ4n) is 3.59. The molecule has 4 fully saturated rings. The molecule has 5 nitrogen and oxygen atoms in total. The summed E-state index contributed by atoms with van der Waals surface area (Å²) in [5.74, 6) is -3.03. The summed E-state index contributed by atoms with van der Waals surface area (Å²) in [5.41, 5.74) is -2.08. The van der Waals surface area contributed by atoms with E-state index in [1.54, 1.807) is 13.8 Å². The molecule has 0 N–H and O–H groups in total. The summed E-state index contributed by atoms with van der Waals surface area (Å²) in [6.07, 6.45) is 0.0950. The summed E-state index contributed by atoms with van der Waals surface area (Å²) in [6.45, 7) is 3.20. The van der Waals surface area contributed by atoms with E-state index in [0.717, 1.165) is 0 Å². The SMILES string of the molecule is C[C@]12CC(=O)[C@](C)(CC1=O)[C@H]1C(=O)OC(=O)[C@H]12. The topological polar surface area (TPSA) is 77.5 Å². The van der Waals surface area contributed by atoms with E-state index in [-0.39, 0.29) is 24.4 Å². The van der Waals surface area contributed by atoms with E-state index >= 15 is 0 Å². The van der Waals surface area contributed by atoms with Gasteiger partial charge in [-0.1, -0.05) is 13.8 Å². The van der Waals surface area contributed by atoms with Crippen LogP contribution in [0.1, 0.15) is 26.7 Å². The van der Waals surface area contributed by atoms with Gasteiger partial charge in [0, 0.05) is 23.7 Å². The van der Waals surface area contributed by atoms with Crippen molar-refractivity contribution < 1.29 is 23.9 Å². The van der Waals surface area contributed by atoms with Crippen LogP contribution in [0.3, 0.4) is 0 Å². The maximum absolute atomic E-state index is 12.1. The van der Waals surface area contributed by atoms with Crippen LogP contribution in [0.5, 0.6) is 0 Å². The second kappa shape index (κ2) is 2.66. The molecular weight excluding hydrogens is 224 g/mol. The van der Waals surface area contributed by atoms with Crippen molar-refractivity contribution >= 4 is 23.5 Å². The molecule has 0 amide bonds. The number of ether oxygens (including phenoxy) is 1. The van der Waals surface area contributed by atoms with Gasteiger partial charge in [-0.25, -0.2) is 0 Å². The van der Waals surface area contributed by atoms with Gasteiger partial charge in [0.1, 0.15) is 11.6 Å². The van der Waals surface area contributed by atoms with Crippen molar-refractivity contribution in [2.75, 3.05) is 0 Å². The van der Waals surface area contributed by atoms with Gasteiger partial charge in [0.25, 0.3) is 0 Å². The van der Waals surface area contributed by atoms with Crippen LogP contribution in [0.15, 0.2) is 0 Å². The zero-order chi connectivity index (χ0) is 12.6. The van der Waals surface area contributed by atoms with E-state index in [0.29, 0.717) is 0 Å². The average Bonchev–Trinajstić information content (AvgIpc) is 2.51. The van der Waals surface area contributed by atoms with Crippen molar-refractivity contribution in [3.63, 3.8) is 0 Å². The molecule has 5 heteroatoms. The van der Waals surface area contributed by atoms with Gasteiger partial charge in [0.2, 0.25) is 0 Å². The monoisotopic (exact) mass is 236 g/mol. The summed E-state index contributed by atoms with van der Waals surface area (Å²) in [6, 6.07) is 0. The molecule has 0 aromatic carbocycles. The quantitative estimate of drug-likeness (QED) is 0.445. The standard InChI is InChI=1S/C12H12O5/c1-11-3-6(14)12(2,4-5(11)13)8-7(11)9(15)17-10(8)16/h7-8H,3-4H2,1-2H3/t7-,8+,11-,12-/m0/s1. The number of fused-ring (bicyclic) bond motifs is 2. The molecule has 17 heavy (non-hydrogen) atoms. The first kappa shape index (κ1) is 10.6. The molecule has 0 spiro atoms. The minimum Gasteiger partial charge on any atom is -0.393 e. The lowest BCUT2D eigenvalue weighted by atomic mass is 9.45. The highest BCUT2D eigenvalue weighted by Crippen LogP contribution is 2.61. The highest BCUT2D eigenvalue weighted by atomic mass is 16.6. The maximum Gasteiger partial charge on any atom is 0.318 e. The van der Waals surface area contributed by atoms with Crippen molar-refractivity contribution in [3.05, 3.63) is 0 Å². The van der Waals surface area contributed by atoms with Crippen LogP contribution in [0, 0.1) is 22.7 Å². The van der Waals surface area contributed by atoms with Gasteiger partial charge in [0.05, 0.1) is 11.8 Å². The van der Waals surface area contributed by atoms with Crippen molar-refractivity contribution in [1.82, 2.24) is 0 Å². The first-order valence-electron chi connectivity index (χ1n) is 5.63. The number of hydrogen-bond acceptors (Lipinski definition) is 5. The molecule has 0 radical (unpaired) electrons. The molecule has 1 saturated heterocycles. The van der Waals surface area contributed by atoms with Gasteiger partial charge in [-0.3, -0.25) is 19.2 Å². The van der Waals surface area contributed by atoms with Crippen molar-refractivity contribution in [3.8, 4) is 0 Å². The van der Waals surface area contributed by atoms with Crippen LogP contribution >= 0.6 is 0 Å². The van der Waals surface area contributed by atoms with Gasteiger partial charge in [-0.15, -0.1) is 0 Å². The molecule has 4 aliphatic rings. The molecule has 3 aliphatic carbocycles. The normalized spacial score (nSPS) is 48.4. The molecule has 1 heterocycles. The molecular formula is C12H12O5. The highest BCUT2D eigenvalue weighted by molar-refractivity contribution is 6.12. The first-order valence-corrected chi connectivity index (χ1v) is 5.63. The number of esters is 2. The van der Waals surface area contributed by atoms with Crippen molar-refractivity contribution in [2.45, 2.75) is 26.7 Å². The Hall–Kier alpha value is -1.52. The Morgan fingerprint density at radius 3 is 1.59 bits per heavy atom. The highest BCUT2D eigenvalue weighted by Gasteiger charge is 2.72. The number of Topliss-reactive ketones (excluding diaryl/α,β-unsaturated/α-hetero) is 2. The van der Waals surface area contributed by atoms with E-state index in [4.69, 9.17) is 0 Å². The van der Waals surface area contributed by atoms with Gasteiger partial charge >= 0.3 is 11.9 Å². The average molecular weight is 236 g/mol. The summed E-state index contributed by atoms with van der Waals surface area (Å²) in [5, 5.41) is 0. The Morgan fingerprint density at radius 2 is 1.24 bits per heavy atom. The maximum atomic E-state index is 12.1. The van der Waals surface area contributed by atoms with Crippen molar-refractivity contribution in [2.24, 2.45) is 22.7 Å². The Kier molecular flexibility index (Phi) is 1.66. The molecule has 90 valence electrons. The van der Waals surface area contributed by atoms with Gasteiger partial charge in [-0.2, -0.15) is 0 Å². The number of rotatable bonds is 0. The molecule has 4 rings (SSSR count). The van der Waals surface area contributed by atoms with Crippen molar-refractivity contribution in [1.29, 1.82) is 0 Å². The number of carbonyl (C=O) groups is 4. The minimum absolute atomic E-state index is 0.0475. The van der Waals surface area contributed by atoms with Crippen LogP contribution in [-0.4, -0.2) is 23.5 Å². The molecule has 0 unspecified atom stereocenters. The van der Waals surface area contributed by atoms with E-state index in [1.807, 2.05) is 0 Å². The second-order valence-electron chi connectivity index (χ2n) is 5.73. The predicted octanol–water partition coefficient (Wildman–Crippen LogP) is 0.260. The third-order valence-electron chi connectivity index (χ3n) is 4.74. The Balaban J connectivity index is 2.23. The number of hydrogen-bond donors (Lipinski definition) is 0. The largest absolute Gasteiger partial charge is 0.393 e. The lowest BCUT2D eigenvalue weighted by molar-refractivity contribution is -0.172. The van der Waals surface area contributed by atoms with Crippen LogP contribution in [0.4, 0.5) is 0 Å².